The molecule has 0 aliphatic carbocycles. The van der Waals surface area contributed by atoms with Crippen LogP contribution < -0.4 is 20.7 Å². The van der Waals surface area contributed by atoms with E-state index in [1.54, 1.807) is 43.5 Å². The normalized spacial score (nSPS) is 12.0. The summed E-state index contributed by atoms with van der Waals surface area (Å²) < 4.78 is 4.41. The van der Waals surface area contributed by atoms with Crippen LogP contribution in [0.5, 0.6) is 5.75 Å². The lowest BCUT2D eigenvalue weighted by Gasteiger charge is -2.28. The maximum atomic E-state index is 12.4. The van der Waals surface area contributed by atoms with Crippen LogP contribution in [0.2, 0.25) is 0 Å². The summed E-state index contributed by atoms with van der Waals surface area (Å²) in [6.45, 7) is 0. The third-order valence-electron chi connectivity index (χ3n) is 3.34. The van der Waals surface area contributed by atoms with Crippen LogP contribution in [0.1, 0.15) is 10.4 Å². The van der Waals surface area contributed by atoms with E-state index in [2.05, 4.69) is 38.5 Å². The molecule has 1 unspecified atom stereocenters. The van der Waals surface area contributed by atoms with Crippen molar-refractivity contribution in [1.29, 1.82) is 0 Å². The quantitative estimate of drug-likeness (QED) is 0.215. The van der Waals surface area contributed by atoms with E-state index < -0.39 is 15.9 Å². The molecular weight excluding hydrogens is 544 g/mol. The van der Waals surface area contributed by atoms with Gasteiger partial charge >= 0.3 is 0 Å². The second-order valence-electron chi connectivity index (χ2n) is 5.25. The van der Waals surface area contributed by atoms with Gasteiger partial charge in [0, 0.05) is 9.13 Å². The van der Waals surface area contributed by atoms with Gasteiger partial charge < -0.3 is 20.7 Å². The molecule has 27 heavy (non-hydrogen) atoms. The fourth-order valence-electron chi connectivity index (χ4n) is 2.05. The van der Waals surface area contributed by atoms with Crippen molar-refractivity contribution in [3.05, 3.63) is 57.7 Å². The molecule has 1 amide bonds. The first-order chi connectivity index (χ1) is 12.7. The second kappa shape index (κ2) is 9.97. The van der Waals surface area contributed by atoms with Gasteiger partial charge in [-0.25, -0.2) is 0 Å². The number of halogens is 4. The van der Waals surface area contributed by atoms with Crippen molar-refractivity contribution in [3.63, 3.8) is 0 Å². The molecule has 3 N–H and O–H groups in total. The summed E-state index contributed by atoms with van der Waals surface area (Å²) in [5, 5.41) is 8.54. The fourth-order valence-corrected chi connectivity index (χ4v) is 2.97. The number of nitrogens with one attached hydrogen (secondary N) is 3. The summed E-state index contributed by atoms with van der Waals surface area (Å²) in [6, 6.07) is 14.2. The Hall–Kier alpha value is -1.000. The third kappa shape index (κ3) is 6.83. The average Bonchev–Trinajstić information content (AvgIpc) is 2.61. The maximum Gasteiger partial charge on any atom is 0.252 e. The first kappa shape index (κ1) is 22.3. The van der Waals surface area contributed by atoms with Crippen molar-refractivity contribution in [1.82, 2.24) is 10.6 Å². The number of carbonyl (C=O) groups is 1. The van der Waals surface area contributed by atoms with Crippen LogP contribution in [0.3, 0.4) is 0 Å². The predicted molar refractivity (Wildman–Crippen MR) is 123 cm³/mol. The van der Waals surface area contributed by atoms with Crippen molar-refractivity contribution in [2.45, 2.75) is 9.96 Å². The first-order valence-electron chi connectivity index (χ1n) is 7.54. The predicted octanol–water partition coefficient (Wildman–Crippen LogP) is 4.71. The van der Waals surface area contributed by atoms with E-state index in [1.165, 1.54) is 0 Å². The van der Waals surface area contributed by atoms with Crippen LogP contribution in [0.15, 0.2) is 48.5 Å². The summed E-state index contributed by atoms with van der Waals surface area (Å²) in [5.41, 5.74) is 1.06. The molecule has 0 bridgehead atoms. The van der Waals surface area contributed by atoms with E-state index in [9.17, 15) is 4.79 Å². The largest absolute Gasteiger partial charge is 0.495 e. The third-order valence-corrected chi connectivity index (χ3v) is 4.93. The van der Waals surface area contributed by atoms with Gasteiger partial charge in [0.15, 0.2) is 5.11 Å². The van der Waals surface area contributed by atoms with Crippen molar-refractivity contribution in [2.75, 3.05) is 12.4 Å². The number of rotatable bonds is 5. The first-order valence-corrected chi connectivity index (χ1v) is 10.2. The molecule has 0 radical (unpaired) electrons. The number of benzene rings is 2. The van der Waals surface area contributed by atoms with Crippen molar-refractivity contribution in [2.24, 2.45) is 0 Å². The van der Waals surface area contributed by atoms with Gasteiger partial charge in [0.25, 0.3) is 5.91 Å². The van der Waals surface area contributed by atoms with Gasteiger partial charge in [-0.05, 0) is 71.2 Å². The standard InChI is InChI=1S/C17H15Cl3IN3O2S/c1-26-13-5-3-2-4-12(13)22-16(27)24-15(17(18,19)20)23-14(25)10-6-8-11(21)9-7-10/h2-9,15H,1H3,(H,23,25)(H2,22,24,27). The van der Waals surface area contributed by atoms with Gasteiger partial charge in [-0.3, -0.25) is 4.79 Å². The van der Waals surface area contributed by atoms with Crippen molar-refractivity contribution >= 4 is 86.3 Å². The lowest BCUT2D eigenvalue weighted by atomic mass is 10.2. The Morgan fingerprint density at radius 3 is 2.33 bits per heavy atom. The number of carbonyl (C=O) groups excluding carboxylic acids is 1. The van der Waals surface area contributed by atoms with E-state index in [-0.39, 0.29) is 5.11 Å². The number of methoxy groups -OCH3 is 1. The van der Waals surface area contributed by atoms with E-state index in [1.807, 2.05) is 12.1 Å². The number of hydrogen-bond donors (Lipinski definition) is 3. The fraction of sp³-hybridized carbons (Fsp3) is 0.176. The molecule has 0 saturated carbocycles. The van der Waals surface area contributed by atoms with Gasteiger partial charge in [0.1, 0.15) is 11.9 Å². The van der Waals surface area contributed by atoms with Crippen LogP contribution in [0, 0.1) is 3.57 Å². The average molecular weight is 559 g/mol. The zero-order valence-corrected chi connectivity index (χ0v) is 19.2. The molecule has 2 rings (SSSR count). The molecule has 5 nitrogen and oxygen atoms in total. The Bertz CT molecular complexity index is 816. The van der Waals surface area contributed by atoms with Gasteiger partial charge in [-0.1, -0.05) is 46.9 Å². The highest BCUT2D eigenvalue weighted by Crippen LogP contribution is 2.30. The summed E-state index contributed by atoms with van der Waals surface area (Å²) >= 11 is 25.4. The molecule has 0 aliphatic heterocycles. The minimum absolute atomic E-state index is 0.152. The van der Waals surface area contributed by atoms with E-state index >= 15 is 0 Å². The Morgan fingerprint density at radius 2 is 1.74 bits per heavy atom. The molecule has 0 aromatic heterocycles. The number of thiocarbonyl (C=S) groups is 1. The molecule has 0 spiro atoms. The highest BCUT2D eigenvalue weighted by atomic mass is 127. The topological polar surface area (TPSA) is 62.4 Å². The van der Waals surface area contributed by atoms with Gasteiger partial charge in [-0.2, -0.15) is 0 Å². The zero-order valence-electron chi connectivity index (χ0n) is 13.9. The van der Waals surface area contributed by atoms with Crippen molar-refractivity contribution < 1.29 is 9.53 Å². The summed E-state index contributed by atoms with van der Waals surface area (Å²) in [5.74, 6) is 0.185. The van der Waals surface area contributed by atoms with E-state index in [0.29, 0.717) is 17.0 Å². The minimum Gasteiger partial charge on any atom is -0.495 e. The number of amides is 1. The molecule has 0 aliphatic rings. The number of hydrogen-bond acceptors (Lipinski definition) is 3. The SMILES string of the molecule is COc1ccccc1NC(=S)NC(NC(=O)c1ccc(I)cc1)C(Cl)(Cl)Cl. The summed E-state index contributed by atoms with van der Waals surface area (Å²) in [4.78, 5) is 12.4. The van der Waals surface area contributed by atoms with Gasteiger partial charge in [-0.15, -0.1) is 0 Å². The lowest BCUT2D eigenvalue weighted by molar-refractivity contribution is 0.0934. The zero-order chi connectivity index (χ0) is 20.0. The van der Waals surface area contributed by atoms with Crippen LogP contribution >= 0.6 is 69.6 Å². The Labute approximate surface area is 191 Å². The molecule has 2 aromatic carbocycles. The molecule has 1 atom stereocenters. The minimum atomic E-state index is -1.84. The van der Waals surface area contributed by atoms with Crippen LogP contribution in [-0.2, 0) is 0 Å². The molecular formula is C17H15Cl3IN3O2S. The van der Waals surface area contributed by atoms with E-state index in [0.717, 1.165) is 3.57 Å². The van der Waals surface area contributed by atoms with Crippen LogP contribution in [-0.4, -0.2) is 28.1 Å². The van der Waals surface area contributed by atoms with Crippen LogP contribution in [0.4, 0.5) is 5.69 Å². The molecule has 10 heteroatoms. The summed E-state index contributed by atoms with van der Waals surface area (Å²) in [7, 11) is 1.54. The Balaban J connectivity index is 2.09. The Morgan fingerprint density at radius 1 is 1.11 bits per heavy atom. The molecule has 0 fully saturated rings. The molecule has 0 saturated heterocycles. The monoisotopic (exact) mass is 557 g/mol. The van der Waals surface area contributed by atoms with Crippen LogP contribution in [0.25, 0.3) is 0 Å². The number of alkyl halides is 3. The summed E-state index contributed by atoms with van der Waals surface area (Å²) in [6.07, 6.45) is -1.07. The number of ether oxygens (including phenoxy) is 1. The highest BCUT2D eigenvalue weighted by molar-refractivity contribution is 14.1. The lowest BCUT2D eigenvalue weighted by Crippen LogP contribution is -2.56. The van der Waals surface area contributed by atoms with Gasteiger partial charge in [0.05, 0.1) is 12.8 Å². The van der Waals surface area contributed by atoms with Crippen molar-refractivity contribution in [3.8, 4) is 5.75 Å². The smallest absolute Gasteiger partial charge is 0.252 e. The highest BCUT2D eigenvalue weighted by Gasteiger charge is 2.35. The Kier molecular flexibility index (Phi) is 8.23. The van der Waals surface area contributed by atoms with Gasteiger partial charge in [0.2, 0.25) is 3.79 Å². The molecule has 2 aromatic rings. The second-order valence-corrected chi connectivity index (χ2v) is 9.28. The number of anilines is 1. The van der Waals surface area contributed by atoms with E-state index in [4.69, 9.17) is 51.8 Å². The maximum absolute atomic E-state index is 12.4. The molecule has 144 valence electrons. The number of para-hydroxylation sites is 2. The molecule has 0 heterocycles.